The van der Waals surface area contributed by atoms with Crippen molar-refractivity contribution in [3.63, 3.8) is 0 Å². The molecular formula is C25H17NO. The van der Waals surface area contributed by atoms with Crippen LogP contribution in [0.5, 0.6) is 0 Å². The van der Waals surface area contributed by atoms with E-state index < -0.39 is 0 Å². The third kappa shape index (κ3) is 2.46. The van der Waals surface area contributed by atoms with Crippen molar-refractivity contribution in [2.75, 3.05) is 0 Å². The summed E-state index contributed by atoms with van der Waals surface area (Å²) >= 11 is 0. The zero-order valence-electron chi connectivity index (χ0n) is 14.7. The van der Waals surface area contributed by atoms with Gasteiger partial charge in [0.15, 0.2) is 0 Å². The van der Waals surface area contributed by atoms with Gasteiger partial charge in [0.2, 0.25) is 0 Å². The second kappa shape index (κ2) is 6.26. The van der Waals surface area contributed by atoms with Gasteiger partial charge in [-0.25, -0.2) is 0 Å². The van der Waals surface area contributed by atoms with Crippen LogP contribution in [0.2, 0.25) is 0 Å². The number of hydrogen-bond acceptors (Lipinski definition) is 1. The topological polar surface area (TPSA) is 21.5 Å². The Hall–Kier alpha value is -3.65. The van der Waals surface area contributed by atoms with Crippen LogP contribution in [0.1, 0.15) is 0 Å². The quantitative estimate of drug-likeness (QED) is 0.371. The number of benzene rings is 3. The van der Waals surface area contributed by atoms with Gasteiger partial charge in [0.25, 0.3) is 5.56 Å². The summed E-state index contributed by atoms with van der Waals surface area (Å²) in [5.41, 5.74) is 6.32. The summed E-state index contributed by atoms with van der Waals surface area (Å²) in [6.07, 6.45) is 0. The molecule has 0 spiro atoms. The lowest BCUT2D eigenvalue weighted by molar-refractivity contribution is 1.15. The average Bonchev–Trinajstić information content (AvgIpc) is 2.74. The molecule has 0 atom stereocenters. The van der Waals surface area contributed by atoms with Crippen molar-refractivity contribution in [2.45, 2.75) is 0 Å². The maximum absolute atomic E-state index is 12.8. The number of pyridine rings is 2. The first-order valence-electron chi connectivity index (χ1n) is 9.02. The van der Waals surface area contributed by atoms with Crippen LogP contribution >= 0.6 is 0 Å². The third-order valence-corrected chi connectivity index (χ3v) is 5.00. The molecule has 0 aliphatic carbocycles. The van der Waals surface area contributed by atoms with Crippen molar-refractivity contribution in [1.29, 1.82) is 0 Å². The molecule has 3 aromatic carbocycles. The van der Waals surface area contributed by atoms with Gasteiger partial charge in [0, 0.05) is 22.6 Å². The lowest BCUT2D eigenvalue weighted by Crippen LogP contribution is -2.13. The van der Waals surface area contributed by atoms with Crippen LogP contribution in [0.3, 0.4) is 0 Å². The first-order chi connectivity index (χ1) is 13.3. The lowest BCUT2D eigenvalue weighted by Gasteiger charge is -2.18. The standard InChI is InChI=1S/C25H17NO/c27-23-17-9-16-22-25(19-12-5-2-6-13-19)24(18-10-3-1-4-11-18)20-14-7-8-15-21(20)26(22)23/h1-17H. The second-order valence-electron chi connectivity index (χ2n) is 6.58. The van der Waals surface area contributed by atoms with Gasteiger partial charge in [-0.2, -0.15) is 0 Å². The van der Waals surface area contributed by atoms with E-state index in [0.717, 1.165) is 38.7 Å². The fraction of sp³-hybridized carbons (Fsp3) is 0. The monoisotopic (exact) mass is 347 g/mol. The van der Waals surface area contributed by atoms with Gasteiger partial charge in [0.1, 0.15) is 0 Å². The molecule has 0 saturated heterocycles. The summed E-state index contributed by atoms with van der Waals surface area (Å²) in [6.45, 7) is 0. The van der Waals surface area contributed by atoms with E-state index in [1.165, 1.54) is 0 Å². The Labute approximate surface area is 157 Å². The van der Waals surface area contributed by atoms with Crippen molar-refractivity contribution >= 4 is 16.4 Å². The van der Waals surface area contributed by atoms with Crippen molar-refractivity contribution in [1.82, 2.24) is 4.40 Å². The number of para-hydroxylation sites is 1. The van der Waals surface area contributed by atoms with Gasteiger partial charge in [-0.05, 0) is 23.3 Å². The lowest BCUT2D eigenvalue weighted by atomic mass is 9.90. The molecule has 0 saturated carbocycles. The summed E-state index contributed by atoms with van der Waals surface area (Å²) in [7, 11) is 0. The molecule has 0 bridgehead atoms. The maximum atomic E-state index is 12.8. The first-order valence-corrected chi connectivity index (χ1v) is 9.02. The van der Waals surface area contributed by atoms with Crippen LogP contribution in [-0.4, -0.2) is 4.40 Å². The molecule has 0 fully saturated rings. The van der Waals surface area contributed by atoms with Crippen LogP contribution in [0.25, 0.3) is 38.7 Å². The molecule has 0 N–H and O–H groups in total. The normalized spacial score (nSPS) is 11.1. The van der Waals surface area contributed by atoms with Crippen molar-refractivity contribution < 1.29 is 0 Å². The molecule has 0 radical (unpaired) electrons. The smallest absolute Gasteiger partial charge is 0.255 e. The van der Waals surface area contributed by atoms with Crippen LogP contribution in [0.4, 0.5) is 0 Å². The molecule has 2 nitrogen and oxygen atoms in total. The summed E-state index contributed by atoms with van der Waals surface area (Å²) in [4.78, 5) is 12.8. The van der Waals surface area contributed by atoms with Crippen LogP contribution < -0.4 is 5.56 Å². The zero-order valence-corrected chi connectivity index (χ0v) is 14.7. The van der Waals surface area contributed by atoms with E-state index in [9.17, 15) is 4.79 Å². The molecule has 0 aliphatic heterocycles. The fourth-order valence-corrected chi connectivity index (χ4v) is 3.88. The minimum atomic E-state index is -0.0134. The van der Waals surface area contributed by atoms with Gasteiger partial charge in [0.05, 0.1) is 11.0 Å². The van der Waals surface area contributed by atoms with Gasteiger partial charge >= 0.3 is 0 Å². The summed E-state index contributed by atoms with van der Waals surface area (Å²) in [6, 6.07) is 34.3. The highest BCUT2D eigenvalue weighted by Gasteiger charge is 2.17. The predicted molar refractivity (Wildman–Crippen MR) is 112 cm³/mol. The minimum Gasteiger partial charge on any atom is -0.276 e. The Bertz CT molecular complexity index is 1320. The molecule has 2 aromatic heterocycles. The highest BCUT2D eigenvalue weighted by Crippen LogP contribution is 2.40. The van der Waals surface area contributed by atoms with E-state index in [2.05, 4.69) is 42.5 Å². The molecule has 5 rings (SSSR count). The van der Waals surface area contributed by atoms with Crippen molar-refractivity contribution in [2.24, 2.45) is 0 Å². The van der Waals surface area contributed by atoms with E-state index >= 15 is 0 Å². The first kappa shape index (κ1) is 15.6. The number of aromatic nitrogens is 1. The fourth-order valence-electron chi connectivity index (χ4n) is 3.88. The minimum absolute atomic E-state index is 0.0134. The number of rotatable bonds is 2. The molecule has 0 aliphatic rings. The Balaban J connectivity index is 2.10. The van der Waals surface area contributed by atoms with E-state index in [1.54, 1.807) is 6.07 Å². The van der Waals surface area contributed by atoms with E-state index in [1.807, 2.05) is 59.0 Å². The summed E-state index contributed by atoms with van der Waals surface area (Å²) in [5.74, 6) is 0. The average molecular weight is 347 g/mol. The van der Waals surface area contributed by atoms with Gasteiger partial charge < -0.3 is 0 Å². The molecule has 0 unspecified atom stereocenters. The number of fused-ring (bicyclic) bond motifs is 3. The molecular weight excluding hydrogens is 330 g/mol. The van der Waals surface area contributed by atoms with Gasteiger partial charge in [-0.3, -0.25) is 9.20 Å². The second-order valence-corrected chi connectivity index (χ2v) is 6.58. The SMILES string of the molecule is O=c1cccc2c(-c3ccccc3)c(-c3ccccc3)c3ccccc3n12. The Morgan fingerprint density at radius 3 is 1.74 bits per heavy atom. The molecule has 2 heteroatoms. The van der Waals surface area contributed by atoms with Crippen molar-refractivity contribution in [3.8, 4) is 22.3 Å². The Morgan fingerprint density at radius 2 is 1.04 bits per heavy atom. The van der Waals surface area contributed by atoms with Gasteiger partial charge in [-0.1, -0.05) is 84.9 Å². The van der Waals surface area contributed by atoms with Gasteiger partial charge in [-0.15, -0.1) is 0 Å². The third-order valence-electron chi connectivity index (χ3n) is 5.00. The molecule has 5 aromatic rings. The van der Waals surface area contributed by atoms with Crippen LogP contribution in [0, 0.1) is 0 Å². The molecule has 27 heavy (non-hydrogen) atoms. The summed E-state index contributed by atoms with van der Waals surface area (Å²) in [5, 5.41) is 1.07. The predicted octanol–water partition coefficient (Wildman–Crippen LogP) is 5.79. The highest BCUT2D eigenvalue weighted by molar-refractivity contribution is 6.08. The molecule has 128 valence electrons. The van der Waals surface area contributed by atoms with Crippen LogP contribution in [-0.2, 0) is 0 Å². The Morgan fingerprint density at radius 1 is 0.481 bits per heavy atom. The zero-order chi connectivity index (χ0) is 18.2. The molecule has 2 heterocycles. The molecule has 0 amide bonds. The van der Waals surface area contributed by atoms with E-state index in [0.29, 0.717) is 0 Å². The van der Waals surface area contributed by atoms with E-state index in [-0.39, 0.29) is 5.56 Å². The highest BCUT2D eigenvalue weighted by atomic mass is 16.1. The number of hydrogen-bond donors (Lipinski definition) is 0. The van der Waals surface area contributed by atoms with E-state index in [4.69, 9.17) is 0 Å². The van der Waals surface area contributed by atoms with Crippen LogP contribution in [0.15, 0.2) is 108 Å². The Kier molecular flexibility index (Phi) is 3.61. The largest absolute Gasteiger partial charge is 0.276 e. The maximum Gasteiger partial charge on any atom is 0.255 e. The number of nitrogens with zero attached hydrogens (tertiary/aromatic N) is 1. The summed E-state index contributed by atoms with van der Waals surface area (Å²) < 4.78 is 1.82. The van der Waals surface area contributed by atoms with Crippen molar-refractivity contribution in [3.05, 3.63) is 113 Å².